The molecule has 0 unspecified atom stereocenters. The molecule has 0 spiro atoms. The predicted octanol–water partition coefficient (Wildman–Crippen LogP) is 4.81. The zero-order chi connectivity index (χ0) is 18.5. The number of anilines is 2. The molecular weight excluding hydrogens is 348 g/mol. The number of aromatic nitrogens is 1. The van der Waals surface area contributed by atoms with Crippen LogP contribution < -0.4 is 16.4 Å². The third kappa shape index (κ3) is 4.39. The summed E-state index contributed by atoms with van der Waals surface area (Å²) in [7, 11) is 0. The molecule has 0 saturated carbocycles. The third-order valence-electron chi connectivity index (χ3n) is 3.89. The summed E-state index contributed by atoms with van der Waals surface area (Å²) in [6.45, 7) is 2.33. The first-order valence-corrected chi connectivity index (χ1v) is 8.52. The number of carbonyl (C=O) groups excluding carboxylic acids is 1. The number of rotatable bonds is 4. The zero-order valence-electron chi connectivity index (χ0n) is 14.3. The van der Waals surface area contributed by atoms with Gasteiger partial charge in [0.2, 0.25) is 0 Å². The second kappa shape index (κ2) is 7.99. The highest BCUT2D eigenvalue weighted by atomic mass is 35.5. The van der Waals surface area contributed by atoms with Crippen LogP contribution in [0.25, 0.3) is 11.1 Å². The van der Waals surface area contributed by atoms with Gasteiger partial charge in [-0.05, 0) is 60.0 Å². The van der Waals surface area contributed by atoms with Crippen molar-refractivity contribution in [3.63, 3.8) is 0 Å². The second-order valence-electron chi connectivity index (χ2n) is 5.86. The van der Waals surface area contributed by atoms with E-state index in [0.29, 0.717) is 22.9 Å². The van der Waals surface area contributed by atoms with Gasteiger partial charge in [-0.1, -0.05) is 29.8 Å². The zero-order valence-corrected chi connectivity index (χ0v) is 15.0. The summed E-state index contributed by atoms with van der Waals surface area (Å²) in [5.74, 6) is 0. The number of nitrogens with zero attached hydrogens (tertiary/aromatic N) is 1. The van der Waals surface area contributed by atoms with Gasteiger partial charge in [0.1, 0.15) is 0 Å². The van der Waals surface area contributed by atoms with Crippen molar-refractivity contribution >= 4 is 29.0 Å². The van der Waals surface area contributed by atoms with Gasteiger partial charge in [0, 0.05) is 24.1 Å². The van der Waals surface area contributed by atoms with Crippen molar-refractivity contribution in [3.8, 4) is 11.1 Å². The van der Waals surface area contributed by atoms with Gasteiger partial charge in [0.15, 0.2) is 0 Å². The number of hydrogen-bond donors (Lipinski definition) is 3. The van der Waals surface area contributed by atoms with E-state index in [4.69, 9.17) is 17.3 Å². The van der Waals surface area contributed by atoms with Gasteiger partial charge in [-0.3, -0.25) is 4.98 Å². The van der Waals surface area contributed by atoms with Crippen molar-refractivity contribution in [3.05, 3.63) is 77.1 Å². The van der Waals surface area contributed by atoms with Gasteiger partial charge in [0.25, 0.3) is 0 Å². The average molecular weight is 367 g/mol. The molecule has 4 N–H and O–H groups in total. The summed E-state index contributed by atoms with van der Waals surface area (Å²) in [6.07, 6.45) is 1.78. The molecule has 0 atom stereocenters. The van der Waals surface area contributed by atoms with Gasteiger partial charge in [0.05, 0.1) is 10.7 Å². The van der Waals surface area contributed by atoms with E-state index in [1.807, 2.05) is 49.4 Å². The fraction of sp³-hybridized carbons (Fsp3) is 0.100. The van der Waals surface area contributed by atoms with Gasteiger partial charge in [-0.25, -0.2) is 4.79 Å². The van der Waals surface area contributed by atoms with Crippen LogP contribution in [0, 0.1) is 6.92 Å². The van der Waals surface area contributed by atoms with E-state index in [0.717, 1.165) is 22.4 Å². The third-order valence-corrected chi connectivity index (χ3v) is 4.22. The monoisotopic (exact) mass is 366 g/mol. The number of pyridine rings is 1. The smallest absolute Gasteiger partial charge is 0.323 e. The number of benzene rings is 2. The lowest BCUT2D eigenvalue weighted by Gasteiger charge is -2.11. The molecule has 132 valence electrons. The van der Waals surface area contributed by atoms with E-state index >= 15 is 0 Å². The molecule has 1 aromatic heterocycles. The normalized spacial score (nSPS) is 10.4. The van der Waals surface area contributed by atoms with Crippen molar-refractivity contribution in [2.75, 3.05) is 10.6 Å². The molecule has 1 heterocycles. The summed E-state index contributed by atoms with van der Waals surface area (Å²) in [6, 6.07) is 16.5. The Morgan fingerprint density at radius 1 is 1.04 bits per heavy atom. The molecule has 5 nitrogen and oxygen atoms in total. The number of nitrogens with one attached hydrogen (secondary N) is 2. The summed E-state index contributed by atoms with van der Waals surface area (Å²) in [4.78, 5) is 16.4. The summed E-state index contributed by atoms with van der Waals surface area (Å²) >= 11 is 6.11. The quantitative estimate of drug-likeness (QED) is 0.619. The van der Waals surface area contributed by atoms with Crippen molar-refractivity contribution in [1.29, 1.82) is 0 Å². The van der Waals surface area contributed by atoms with Crippen LogP contribution >= 0.6 is 11.6 Å². The lowest BCUT2D eigenvalue weighted by Crippen LogP contribution is -2.19. The fourth-order valence-electron chi connectivity index (χ4n) is 2.55. The highest BCUT2D eigenvalue weighted by Gasteiger charge is 2.07. The predicted molar refractivity (Wildman–Crippen MR) is 106 cm³/mol. The maximum Gasteiger partial charge on any atom is 0.323 e. The Labute approximate surface area is 157 Å². The number of amides is 2. The van der Waals surface area contributed by atoms with E-state index < -0.39 is 0 Å². The van der Waals surface area contributed by atoms with Crippen LogP contribution in [0.15, 0.2) is 60.8 Å². The van der Waals surface area contributed by atoms with Crippen molar-refractivity contribution in [2.45, 2.75) is 13.5 Å². The van der Waals surface area contributed by atoms with Crippen LogP contribution in [0.1, 0.15) is 11.3 Å². The van der Waals surface area contributed by atoms with E-state index in [2.05, 4.69) is 15.6 Å². The average Bonchev–Trinajstić information content (AvgIpc) is 2.64. The maximum atomic E-state index is 12.2. The molecule has 3 rings (SSSR count). The first kappa shape index (κ1) is 17.9. The molecule has 0 bridgehead atoms. The molecule has 0 radical (unpaired) electrons. The highest BCUT2D eigenvalue weighted by molar-refractivity contribution is 6.33. The minimum atomic E-state index is -0.367. The molecule has 0 aliphatic carbocycles. The lowest BCUT2D eigenvalue weighted by molar-refractivity contribution is 0.262. The number of hydrogen-bond acceptors (Lipinski definition) is 3. The molecule has 0 fully saturated rings. The Morgan fingerprint density at radius 3 is 2.50 bits per heavy atom. The Balaban J connectivity index is 1.68. The number of carbonyl (C=O) groups is 1. The van der Waals surface area contributed by atoms with Crippen molar-refractivity contribution in [1.82, 2.24) is 4.98 Å². The van der Waals surface area contributed by atoms with Crippen molar-refractivity contribution < 1.29 is 4.79 Å². The number of halogens is 1. The second-order valence-corrected chi connectivity index (χ2v) is 6.27. The lowest BCUT2D eigenvalue weighted by atomic mass is 10.1. The largest absolute Gasteiger partial charge is 0.326 e. The Kier molecular flexibility index (Phi) is 5.51. The maximum absolute atomic E-state index is 12.2. The van der Waals surface area contributed by atoms with E-state index in [1.165, 1.54) is 0 Å². The van der Waals surface area contributed by atoms with Crippen LogP contribution in [0.2, 0.25) is 5.02 Å². The number of urea groups is 1. The fourth-order valence-corrected chi connectivity index (χ4v) is 2.72. The SMILES string of the molecule is Cc1cc(-c2ccc(NC(=O)Nc3cc(CN)ccc3Cl)cc2)ccn1. The van der Waals surface area contributed by atoms with E-state index in [1.54, 1.807) is 18.3 Å². The van der Waals surface area contributed by atoms with Gasteiger partial charge >= 0.3 is 6.03 Å². The number of nitrogens with two attached hydrogens (primary N) is 1. The molecule has 3 aromatic rings. The molecule has 0 aliphatic heterocycles. The molecule has 2 amide bonds. The van der Waals surface area contributed by atoms with E-state index in [9.17, 15) is 4.79 Å². The topological polar surface area (TPSA) is 80.0 Å². The first-order valence-electron chi connectivity index (χ1n) is 8.15. The molecule has 6 heteroatoms. The van der Waals surface area contributed by atoms with Gasteiger partial charge in [-0.2, -0.15) is 0 Å². The molecule has 0 saturated heterocycles. The summed E-state index contributed by atoms with van der Waals surface area (Å²) in [5, 5.41) is 5.99. The molecule has 26 heavy (non-hydrogen) atoms. The minimum absolute atomic E-state index is 0.367. The van der Waals surface area contributed by atoms with Crippen LogP contribution in [0.4, 0.5) is 16.2 Å². The standard InChI is InChI=1S/C20H19ClN4O/c1-13-10-16(8-9-23-13)15-3-5-17(6-4-15)24-20(26)25-19-11-14(12-22)2-7-18(19)21/h2-11H,12,22H2,1H3,(H2,24,25,26). The van der Waals surface area contributed by atoms with Crippen LogP contribution in [-0.2, 0) is 6.54 Å². The van der Waals surface area contributed by atoms with Crippen LogP contribution in [0.5, 0.6) is 0 Å². The summed E-state index contributed by atoms with van der Waals surface area (Å²) in [5.41, 5.74) is 10.8. The number of aryl methyl sites for hydroxylation is 1. The first-order chi connectivity index (χ1) is 12.5. The Bertz CT molecular complexity index is 925. The van der Waals surface area contributed by atoms with Crippen molar-refractivity contribution in [2.24, 2.45) is 5.73 Å². The van der Waals surface area contributed by atoms with Crippen LogP contribution in [-0.4, -0.2) is 11.0 Å². The van der Waals surface area contributed by atoms with Gasteiger partial charge < -0.3 is 16.4 Å². The molecular formula is C20H19ClN4O. The molecule has 2 aromatic carbocycles. The minimum Gasteiger partial charge on any atom is -0.326 e. The van der Waals surface area contributed by atoms with Crippen LogP contribution in [0.3, 0.4) is 0 Å². The van der Waals surface area contributed by atoms with Gasteiger partial charge in [-0.15, -0.1) is 0 Å². The highest BCUT2D eigenvalue weighted by Crippen LogP contribution is 2.24. The Hall–Kier alpha value is -2.89. The molecule has 0 aliphatic rings. The summed E-state index contributed by atoms with van der Waals surface area (Å²) < 4.78 is 0. The van der Waals surface area contributed by atoms with E-state index in [-0.39, 0.29) is 6.03 Å². The Morgan fingerprint density at radius 2 is 1.81 bits per heavy atom.